The summed E-state index contributed by atoms with van der Waals surface area (Å²) in [6.07, 6.45) is 8.33. The third-order valence-electron chi connectivity index (χ3n) is 7.44. The fourth-order valence-electron chi connectivity index (χ4n) is 5.62. The van der Waals surface area contributed by atoms with Gasteiger partial charge in [0, 0.05) is 18.9 Å². The number of aromatic amines is 1. The van der Waals surface area contributed by atoms with E-state index in [-0.39, 0.29) is 5.92 Å². The van der Waals surface area contributed by atoms with E-state index >= 15 is 0 Å². The van der Waals surface area contributed by atoms with Gasteiger partial charge in [-0.2, -0.15) is 0 Å². The van der Waals surface area contributed by atoms with Gasteiger partial charge >= 0.3 is 0 Å². The third-order valence-corrected chi connectivity index (χ3v) is 7.74. The molecule has 1 heterocycles. The van der Waals surface area contributed by atoms with Crippen LogP contribution in [0, 0.1) is 11.8 Å². The first-order valence-corrected chi connectivity index (χ1v) is 12.2. The lowest BCUT2D eigenvalue weighted by Gasteiger charge is -2.48. The highest BCUT2D eigenvalue weighted by Gasteiger charge is 2.46. The average Bonchev–Trinajstić information content (AvgIpc) is 3.23. The summed E-state index contributed by atoms with van der Waals surface area (Å²) in [4.78, 5) is 10.4. The molecular formula is C27H32ClN3O. The molecule has 3 aliphatic carbocycles. The molecule has 3 aliphatic rings. The number of rotatable bonds is 8. The molecule has 0 amide bonds. The maximum Gasteiger partial charge on any atom is 0.107 e. The van der Waals surface area contributed by atoms with Crippen molar-refractivity contribution in [2.45, 2.75) is 44.1 Å². The Balaban J connectivity index is 1.13. The number of fused-ring (bicyclic) bond motifs is 3. The van der Waals surface area contributed by atoms with Gasteiger partial charge in [-0.25, -0.2) is 4.98 Å². The zero-order valence-electron chi connectivity index (χ0n) is 18.7. The molecular weight excluding hydrogens is 418 g/mol. The average molecular weight is 450 g/mol. The molecule has 32 heavy (non-hydrogen) atoms. The molecule has 1 saturated carbocycles. The van der Waals surface area contributed by atoms with Gasteiger partial charge < -0.3 is 15.0 Å². The van der Waals surface area contributed by atoms with Gasteiger partial charge in [-0.3, -0.25) is 0 Å². The van der Waals surface area contributed by atoms with Crippen LogP contribution in [0.2, 0.25) is 5.02 Å². The number of imidazole rings is 1. The Hall–Kier alpha value is -2.14. The van der Waals surface area contributed by atoms with E-state index in [1.54, 1.807) is 0 Å². The number of para-hydroxylation sites is 1. The molecule has 2 N–H and O–H groups in total. The molecule has 0 spiro atoms. The Bertz CT molecular complexity index is 1110. The van der Waals surface area contributed by atoms with Crippen molar-refractivity contribution in [3.8, 4) is 0 Å². The van der Waals surface area contributed by atoms with Gasteiger partial charge in [0.25, 0.3) is 0 Å². The normalized spacial score (nSPS) is 24.9. The first-order valence-electron chi connectivity index (χ1n) is 11.8. The number of aryl methyl sites for hydroxylation is 1. The van der Waals surface area contributed by atoms with Gasteiger partial charge in [0.05, 0.1) is 16.1 Å². The van der Waals surface area contributed by atoms with Crippen LogP contribution in [-0.4, -0.2) is 45.7 Å². The fraction of sp³-hybridized carbons (Fsp3) is 0.444. The van der Waals surface area contributed by atoms with E-state index in [1.807, 2.05) is 18.2 Å². The minimum absolute atomic E-state index is 0.274. The summed E-state index contributed by atoms with van der Waals surface area (Å²) in [5.41, 5.74) is 4.07. The van der Waals surface area contributed by atoms with Crippen molar-refractivity contribution in [1.29, 1.82) is 0 Å². The number of nitrogens with one attached hydrogen (secondary N) is 1. The Morgan fingerprint density at radius 3 is 2.72 bits per heavy atom. The van der Waals surface area contributed by atoms with Crippen LogP contribution < -0.4 is 0 Å². The van der Waals surface area contributed by atoms with E-state index in [0.29, 0.717) is 10.9 Å². The standard InChI is InChI=1S/C27H32ClN3O/c1-31(15-6-11-25-29-24-10-5-9-23(28)26(24)30-25)16-14-27(32)18-20-12-13-21(27)17-22(20)19-7-3-2-4-8-19/h2-5,7-10,17,20-21,32H,6,11-16,18H2,1H3,(H,29,30)/t20-,21?,27+/m1/s1. The van der Waals surface area contributed by atoms with Crippen molar-refractivity contribution >= 4 is 28.2 Å². The first-order chi connectivity index (χ1) is 15.5. The lowest BCUT2D eigenvalue weighted by atomic mass is 9.61. The molecule has 2 aromatic carbocycles. The number of halogens is 1. The van der Waals surface area contributed by atoms with E-state index < -0.39 is 5.60 Å². The van der Waals surface area contributed by atoms with Crippen molar-refractivity contribution in [3.05, 3.63) is 71.0 Å². The summed E-state index contributed by atoms with van der Waals surface area (Å²) in [6, 6.07) is 16.5. The SMILES string of the molecule is CN(CCCc1nc2c(Cl)cccc2[nH]1)CC[C@]1(O)C[C@H]2CCC1C=C2c1ccccc1. The number of benzene rings is 2. The zero-order chi connectivity index (χ0) is 22.1. The van der Waals surface area contributed by atoms with Crippen molar-refractivity contribution in [2.24, 2.45) is 11.8 Å². The van der Waals surface area contributed by atoms with E-state index in [0.717, 1.165) is 62.1 Å². The van der Waals surface area contributed by atoms with Crippen LogP contribution in [0.1, 0.15) is 43.5 Å². The van der Waals surface area contributed by atoms with Crippen LogP contribution in [0.15, 0.2) is 54.6 Å². The van der Waals surface area contributed by atoms with Gasteiger partial charge in [0.1, 0.15) is 11.3 Å². The number of allylic oxidation sites excluding steroid dienone is 1. The Kier molecular flexibility index (Phi) is 6.11. The van der Waals surface area contributed by atoms with Crippen LogP contribution in [0.3, 0.4) is 0 Å². The zero-order valence-corrected chi connectivity index (χ0v) is 19.5. The lowest BCUT2D eigenvalue weighted by Crippen LogP contribution is -2.48. The largest absolute Gasteiger partial charge is 0.389 e. The fourth-order valence-corrected chi connectivity index (χ4v) is 5.83. The van der Waals surface area contributed by atoms with Crippen LogP contribution in [0.4, 0.5) is 0 Å². The highest BCUT2D eigenvalue weighted by molar-refractivity contribution is 6.34. The molecule has 4 nitrogen and oxygen atoms in total. The third kappa shape index (κ3) is 4.36. The van der Waals surface area contributed by atoms with Crippen molar-refractivity contribution in [2.75, 3.05) is 20.1 Å². The quantitative estimate of drug-likeness (QED) is 0.462. The summed E-state index contributed by atoms with van der Waals surface area (Å²) in [5, 5.41) is 12.2. The van der Waals surface area contributed by atoms with E-state index in [9.17, 15) is 5.11 Å². The van der Waals surface area contributed by atoms with Gasteiger partial charge in [0.2, 0.25) is 0 Å². The number of nitrogens with zero attached hydrogens (tertiary/aromatic N) is 2. The summed E-state index contributed by atoms with van der Waals surface area (Å²) >= 11 is 6.24. The van der Waals surface area contributed by atoms with E-state index in [4.69, 9.17) is 11.6 Å². The second kappa shape index (κ2) is 9.01. The summed E-state index contributed by atoms with van der Waals surface area (Å²) in [5.74, 6) is 1.75. The molecule has 1 aromatic heterocycles. The van der Waals surface area contributed by atoms with Crippen molar-refractivity contribution < 1.29 is 5.11 Å². The topological polar surface area (TPSA) is 52.2 Å². The second-order valence-electron chi connectivity index (χ2n) is 9.65. The van der Waals surface area contributed by atoms with E-state index in [1.165, 1.54) is 17.6 Å². The second-order valence-corrected chi connectivity index (χ2v) is 10.1. The molecule has 168 valence electrons. The number of hydrogen-bond acceptors (Lipinski definition) is 3. The van der Waals surface area contributed by atoms with Gasteiger partial charge in [-0.1, -0.05) is 54.1 Å². The summed E-state index contributed by atoms with van der Waals surface area (Å²) < 4.78 is 0. The maximum atomic E-state index is 11.5. The smallest absolute Gasteiger partial charge is 0.107 e. The summed E-state index contributed by atoms with van der Waals surface area (Å²) in [6.45, 7) is 1.90. The number of hydrogen-bond donors (Lipinski definition) is 2. The molecule has 0 aliphatic heterocycles. The van der Waals surface area contributed by atoms with Crippen molar-refractivity contribution in [1.82, 2.24) is 14.9 Å². The van der Waals surface area contributed by atoms with Gasteiger partial charge in [0.15, 0.2) is 0 Å². The Morgan fingerprint density at radius 2 is 1.97 bits per heavy atom. The Morgan fingerprint density at radius 1 is 1.12 bits per heavy atom. The molecule has 0 radical (unpaired) electrons. The maximum absolute atomic E-state index is 11.5. The van der Waals surface area contributed by atoms with Gasteiger partial charge in [-0.05, 0) is 74.9 Å². The van der Waals surface area contributed by atoms with Crippen LogP contribution in [0.25, 0.3) is 16.6 Å². The molecule has 5 heteroatoms. The Labute approximate surface area is 195 Å². The number of aliphatic hydroxyl groups is 1. The summed E-state index contributed by atoms with van der Waals surface area (Å²) in [7, 11) is 2.16. The molecule has 0 saturated heterocycles. The van der Waals surface area contributed by atoms with Crippen LogP contribution >= 0.6 is 11.6 Å². The molecule has 6 rings (SSSR count). The highest BCUT2D eigenvalue weighted by Crippen LogP contribution is 2.51. The number of aromatic nitrogens is 2. The predicted molar refractivity (Wildman–Crippen MR) is 132 cm³/mol. The molecule has 3 aromatic rings. The highest BCUT2D eigenvalue weighted by atomic mass is 35.5. The van der Waals surface area contributed by atoms with E-state index in [2.05, 4.69) is 58.3 Å². The molecule has 3 atom stereocenters. The van der Waals surface area contributed by atoms with Crippen molar-refractivity contribution in [3.63, 3.8) is 0 Å². The molecule has 1 unspecified atom stereocenters. The van der Waals surface area contributed by atoms with Crippen LogP contribution in [0.5, 0.6) is 0 Å². The monoisotopic (exact) mass is 449 g/mol. The first kappa shape index (κ1) is 21.7. The molecule has 2 bridgehead atoms. The van der Waals surface area contributed by atoms with Gasteiger partial charge in [-0.15, -0.1) is 0 Å². The van der Waals surface area contributed by atoms with Crippen LogP contribution in [-0.2, 0) is 6.42 Å². The number of H-pyrrole nitrogens is 1. The molecule has 1 fully saturated rings. The lowest BCUT2D eigenvalue weighted by molar-refractivity contribution is -0.0574. The minimum Gasteiger partial charge on any atom is -0.389 e. The minimum atomic E-state index is -0.565. The predicted octanol–water partition coefficient (Wildman–Crippen LogP) is 5.72.